The number of aliphatic hydroxyl groups excluding tert-OH is 2. The maximum absolute atomic E-state index is 14.0. The van der Waals surface area contributed by atoms with Gasteiger partial charge in [0.15, 0.2) is 26.5 Å². The monoisotopic (exact) mass is 994 g/mol. The minimum absolute atomic E-state index is 0.000258. The van der Waals surface area contributed by atoms with Crippen LogP contribution < -0.4 is 0 Å². The van der Waals surface area contributed by atoms with Crippen LogP contribution in [-0.4, -0.2) is 120 Å². The number of hydrogen-bond acceptors (Lipinski definition) is 10. The minimum atomic E-state index is -3.73. The standard InChI is InChI=1S/C45H79IO10SSi2/c1-31(24-33-21-22-41-45(30-46,55-33)27-34(53-41)18-17-23-47)32(2)38(48)26-39-37(29-57(49,50)36-19-15-14-16-20-36)42(51-9)40(54-39)25-35(56-59(12,13)44(6,7)8)28-52-58(10,11)43(3,4)5/h14-16,19-20,31,33-35,37-42,47-48H,2,17-18,21-30H2,1,3-13H3/t31-,33?,34+,35?,37+,38-,39+,40-,41+,42-,45-/m1/s1. The largest absolute Gasteiger partial charge is 0.414 e. The maximum Gasteiger partial charge on any atom is 0.192 e. The van der Waals surface area contributed by atoms with Crippen LogP contribution in [-0.2, 0) is 37.6 Å². The molecule has 1 aromatic rings. The first-order valence-electron chi connectivity index (χ1n) is 21.9. The Labute approximate surface area is 373 Å². The molecule has 3 aliphatic rings. The van der Waals surface area contributed by atoms with Crippen molar-refractivity contribution in [1.82, 2.24) is 0 Å². The fraction of sp³-hybridized carbons (Fsp3) is 0.822. The van der Waals surface area contributed by atoms with E-state index in [0.29, 0.717) is 25.0 Å². The van der Waals surface area contributed by atoms with Gasteiger partial charge in [-0.3, -0.25) is 0 Å². The summed E-state index contributed by atoms with van der Waals surface area (Å²) < 4.78 is 69.1. The van der Waals surface area contributed by atoms with E-state index < -0.39 is 56.8 Å². The molecule has 340 valence electrons. The molecule has 3 saturated heterocycles. The van der Waals surface area contributed by atoms with E-state index in [-0.39, 0.29) is 69.7 Å². The van der Waals surface area contributed by atoms with Crippen LogP contribution in [0.15, 0.2) is 47.4 Å². The Morgan fingerprint density at radius 3 is 2.19 bits per heavy atom. The van der Waals surface area contributed by atoms with Gasteiger partial charge >= 0.3 is 0 Å². The molecule has 0 amide bonds. The molecule has 3 heterocycles. The summed E-state index contributed by atoms with van der Waals surface area (Å²) in [5.74, 6) is -0.788. The van der Waals surface area contributed by atoms with Gasteiger partial charge in [0.05, 0.1) is 66.1 Å². The SMILES string of the molecule is C=C([C@H](C)CC1CC[C@@H]2O[C@@H](CCCO)C[C@]2(CI)O1)[C@H](O)C[C@@H]1O[C@H](CC(CO[Si](C)(C)C(C)(C)C)O[Si](C)(C)C(C)(C)C)[C@H](OC)[C@H]1CS(=O)(=O)c1ccccc1. The molecule has 10 nitrogen and oxygen atoms in total. The molecule has 14 heteroatoms. The van der Waals surface area contributed by atoms with Crippen molar-refractivity contribution < 1.29 is 46.4 Å². The van der Waals surface area contributed by atoms with E-state index in [2.05, 4.69) is 104 Å². The second kappa shape index (κ2) is 20.7. The van der Waals surface area contributed by atoms with Gasteiger partial charge in [-0.25, -0.2) is 8.42 Å². The molecule has 2 unspecified atom stereocenters. The third-order valence-corrected chi connectivity index (χ3v) is 26.5. The van der Waals surface area contributed by atoms with Crippen molar-refractivity contribution in [2.45, 2.75) is 195 Å². The lowest BCUT2D eigenvalue weighted by Crippen LogP contribution is -2.50. The highest BCUT2D eigenvalue weighted by Gasteiger charge is 2.53. The van der Waals surface area contributed by atoms with Crippen LogP contribution in [0.4, 0.5) is 0 Å². The third kappa shape index (κ3) is 12.9. The fourth-order valence-corrected chi connectivity index (χ4v) is 13.6. The lowest BCUT2D eigenvalue weighted by Gasteiger charge is -2.42. The van der Waals surface area contributed by atoms with Crippen LogP contribution in [0, 0.1) is 11.8 Å². The van der Waals surface area contributed by atoms with Crippen molar-refractivity contribution in [2.24, 2.45) is 11.8 Å². The third-order valence-electron chi connectivity index (χ3n) is 14.3. The first-order chi connectivity index (χ1) is 27.3. The Hall–Kier alpha value is -0.246. The average Bonchev–Trinajstić information content (AvgIpc) is 3.67. The second-order valence-corrected chi connectivity index (χ2v) is 33.1. The van der Waals surface area contributed by atoms with E-state index in [1.54, 1.807) is 31.4 Å². The van der Waals surface area contributed by atoms with Gasteiger partial charge in [-0.15, -0.1) is 0 Å². The number of halogens is 1. The lowest BCUT2D eigenvalue weighted by atomic mass is 9.83. The average molecular weight is 995 g/mol. The van der Waals surface area contributed by atoms with Crippen LogP contribution in [0.25, 0.3) is 0 Å². The number of alkyl halides is 1. The summed E-state index contributed by atoms with van der Waals surface area (Å²) in [7, 11) is -6.50. The summed E-state index contributed by atoms with van der Waals surface area (Å²) >= 11 is 2.42. The van der Waals surface area contributed by atoms with Gasteiger partial charge in [0.2, 0.25) is 0 Å². The predicted molar refractivity (Wildman–Crippen MR) is 250 cm³/mol. The number of aliphatic hydroxyl groups is 2. The maximum atomic E-state index is 14.0. The smallest absolute Gasteiger partial charge is 0.192 e. The van der Waals surface area contributed by atoms with E-state index in [9.17, 15) is 18.6 Å². The molecule has 1 aromatic carbocycles. The van der Waals surface area contributed by atoms with Crippen molar-refractivity contribution in [3.8, 4) is 0 Å². The van der Waals surface area contributed by atoms with Crippen molar-refractivity contribution in [3.63, 3.8) is 0 Å². The van der Waals surface area contributed by atoms with Gasteiger partial charge in [0.1, 0.15) is 5.60 Å². The van der Waals surface area contributed by atoms with Gasteiger partial charge < -0.3 is 38.0 Å². The highest BCUT2D eigenvalue weighted by atomic mass is 127. The van der Waals surface area contributed by atoms with Crippen LogP contribution in [0.2, 0.25) is 36.3 Å². The summed E-state index contributed by atoms with van der Waals surface area (Å²) in [6, 6.07) is 8.54. The predicted octanol–water partition coefficient (Wildman–Crippen LogP) is 9.28. The minimum Gasteiger partial charge on any atom is -0.414 e. The molecule has 0 aromatic heterocycles. The van der Waals surface area contributed by atoms with Crippen LogP contribution in [0.1, 0.15) is 99.8 Å². The summed E-state index contributed by atoms with van der Waals surface area (Å²) in [5.41, 5.74) is 0.347. The first kappa shape index (κ1) is 51.4. The number of benzene rings is 1. The Morgan fingerprint density at radius 2 is 1.61 bits per heavy atom. The number of rotatable bonds is 21. The zero-order chi connectivity index (χ0) is 44.2. The van der Waals surface area contributed by atoms with E-state index in [1.165, 1.54) is 0 Å². The number of ether oxygens (including phenoxy) is 4. The summed E-state index contributed by atoms with van der Waals surface area (Å²) in [6.07, 6.45) is 2.79. The Morgan fingerprint density at radius 1 is 0.966 bits per heavy atom. The number of sulfone groups is 1. The molecule has 0 radical (unpaired) electrons. The van der Waals surface area contributed by atoms with Crippen molar-refractivity contribution in [3.05, 3.63) is 42.5 Å². The molecule has 2 N–H and O–H groups in total. The quantitative estimate of drug-likeness (QED) is 0.0532. The highest BCUT2D eigenvalue weighted by Crippen LogP contribution is 2.46. The number of hydrogen-bond donors (Lipinski definition) is 2. The topological polar surface area (TPSA) is 130 Å². The highest BCUT2D eigenvalue weighted by molar-refractivity contribution is 14.1. The fourth-order valence-electron chi connectivity index (χ4n) is 8.51. The van der Waals surface area contributed by atoms with Gasteiger partial charge in [0, 0.05) is 43.3 Å². The van der Waals surface area contributed by atoms with Gasteiger partial charge in [-0.2, -0.15) is 0 Å². The van der Waals surface area contributed by atoms with Crippen molar-refractivity contribution >= 4 is 49.1 Å². The molecule has 0 aliphatic carbocycles. The second-order valence-electron chi connectivity index (χ2n) is 20.8. The molecule has 0 bridgehead atoms. The van der Waals surface area contributed by atoms with Gasteiger partial charge in [-0.05, 0) is 92.0 Å². The molecular formula is C45H79IO10SSi2. The van der Waals surface area contributed by atoms with Crippen LogP contribution in [0.5, 0.6) is 0 Å². The lowest BCUT2D eigenvalue weighted by molar-refractivity contribution is -0.155. The molecule has 4 rings (SSSR count). The van der Waals surface area contributed by atoms with Gasteiger partial charge in [0.25, 0.3) is 0 Å². The number of methoxy groups -OCH3 is 1. The Bertz CT molecular complexity index is 1600. The molecule has 59 heavy (non-hydrogen) atoms. The Kier molecular flexibility index (Phi) is 18.0. The molecule has 3 aliphatic heterocycles. The number of fused-ring (bicyclic) bond motifs is 1. The summed E-state index contributed by atoms with van der Waals surface area (Å²) in [5, 5.41) is 21.3. The molecule has 11 atom stereocenters. The zero-order valence-electron chi connectivity index (χ0n) is 38.3. The Balaban J connectivity index is 1.55. The van der Waals surface area contributed by atoms with Crippen molar-refractivity contribution in [1.29, 1.82) is 0 Å². The van der Waals surface area contributed by atoms with Crippen LogP contribution >= 0.6 is 22.6 Å². The normalized spacial score (nSPS) is 29.9. The van der Waals surface area contributed by atoms with E-state index in [4.69, 9.17) is 27.8 Å². The first-order valence-corrected chi connectivity index (χ1v) is 30.9. The molecule has 3 fully saturated rings. The van der Waals surface area contributed by atoms with Crippen LogP contribution in [0.3, 0.4) is 0 Å². The van der Waals surface area contributed by atoms with E-state index >= 15 is 0 Å². The molecule has 0 spiro atoms. The molecule has 0 saturated carbocycles. The molecular weight excluding hydrogens is 916 g/mol. The van der Waals surface area contributed by atoms with E-state index in [0.717, 1.165) is 36.5 Å². The zero-order valence-corrected chi connectivity index (χ0v) is 43.3. The summed E-state index contributed by atoms with van der Waals surface area (Å²) in [6.45, 7) is 29.4. The van der Waals surface area contributed by atoms with E-state index in [1.807, 2.05) is 6.07 Å². The van der Waals surface area contributed by atoms with Crippen molar-refractivity contribution in [2.75, 3.05) is 30.5 Å². The summed E-state index contributed by atoms with van der Waals surface area (Å²) in [4.78, 5) is 0.254. The van der Waals surface area contributed by atoms with Gasteiger partial charge in [-0.1, -0.05) is 95.8 Å².